The molecule has 0 fully saturated rings. The van der Waals surface area contributed by atoms with Crippen LogP contribution in [0.1, 0.15) is 27.3 Å². The Balaban J connectivity index is 1.91. The molecule has 1 N–H and O–H groups in total. The lowest BCUT2D eigenvalue weighted by Crippen LogP contribution is -2.21. The summed E-state index contributed by atoms with van der Waals surface area (Å²) in [4.78, 5) is 13.7. The quantitative estimate of drug-likeness (QED) is 0.781. The van der Waals surface area contributed by atoms with E-state index in [1.54, 1.807) is 19.0 Å². The van der Waals surface area contributed by atoms with Crippen LogP contribution >= 0.6 is 0 Å². The summed E-state index contributed by atoms with van der Waals surface area (Å²) in [7, 11) is 3.49. The number of carbonyl (C=O) groups excluding carboxylic acids is 1. The molecule has 0 aliphatic carbocycles. The number of hydrogen-bond acceptors (Lipinski definition) is 4. The number of carbonyl (C=O) groups is 1. The number of nitrogens with one attached hydrogen (secondary N) is 1. The minimum Gasteiger partial charge on any atom is -0.345 e. The molecule has 1 heterocycles. The fraction of sp³-hybridized carbons (Fsp3) is 0.167. The van der Waals surface area contributed by atoms with Gasteiger partial charge in [0.1, 0.15) is 0 Å². The number of H-pyrrole nitrogens is 1. The van der Waals surface area contributed by atoms with Gasteiger partial charge in [-0.1, -0.05) is 42.5 Å². The number of amides is 1. The standard InChI is InChI=1S/C18H18N5O/c1-23(2)18(24)15-10-6-7-13(11-15)12-16(17-19-21-22-20-17)14-8-4-3-5-9-14/h3-11H,12H2,1-2H3,(H,19,20,21,22). The first-order valence-electron chi connectivity index (χ1n) is 7.61. The molecule has 0 unspecified atom stereocenters. The zero-order valence-electron chi connectivity index (χ0n) is 13.6. The molecule has 0 saturated carbocycles. The van der Waals surface area contributed by atoms with Crippen LogP contribution in [0.2, 0.25) is 0 Å². The summed E-state index contributed by atoms with van der Waals surface area (Å²) in [5, 5.41) is 14.2. The monoisotopic (exact) mass is 320 g/mol. The van der Waals surface area contributed by atoms with Crippen LogP contribution in [0.4, 0.5) is 0 Å². The molecule has 1 aromatic heterocycles. The van der Waals surface area contributed by atoms with Crippen molar-refractivity contribution < 1.29 is 4.79 Å². The van der Waals surface area contributed by atoms with E-state index in [0.29, 0.717) is 17.8 Å². The molecule has 1 amide bonds. The molecule has 24 heavy (non-hydrogen) atoms. The van der Waals surface area contributed by atoms with Gasteiger partial charge in [0, 0.05) is 19.7 Å². The lowest BCUT2D eigenvalue weighted by Gasteiger charge is -2.15. The van der Waals surface area contributed by atoms with E-state index in [0.717, 1.165) is 17.0 Å². The average molecular weight is 320 g/mol. The lowest BCUT2D eigenvalue weighted by molar-refractivity contribution is 0.0827. The van der Waals surface area contributed by atoms with E-state index in [-0.39, 0.29) is 5.91 Å². The topological polar surface area (TPSA) is 74.8 Å². The molecule has 6 nitrogen and oxygen atoms in total. The number of benzene rings is 2. The predicted molar refractivity (Wildman–Crippen MR) is 90.2 cm³/mol. The summed E-state index contributed by atoms with van der Waals surface area (Å²) < 4.78 is 0. The Hall–Kier alpha value is -3.02. The molecule has 0 aliphatic heterocycles. The van der Waals surface area contributed by atoms with Crippen LogP contribution in [-0.4, -0.2) is 45.5 Å². The van der Waals surface area contributed by atoms with Crippen molar-refractivity contribution in [2.24, 2.45) is 0 Å². The number of aromatic nitrogens is 4. The van der Waals surface area contributed by atoms with Crippen molar-refractivity contribution in [2.45, 2.75) is 6.42 Å². The Labute approximate surface area is 140 Å². The maximum atomic E-state index is 12.2. The average Bonchev–Trinajstić information content (AvgIpc) is 3.14. The second-order valence-corrected chi connectivity index (χ2v) is 5.67. The summed E-state index contributed by atoms with van der Waals surface area (Å²) in [5.41, 5.74) is 2.74. The third kappa shape index (κ3) is 3.48. The van der Waals surface area contributed by atoms with Crippen LogP contribution in [0, 0.1) is 5.92 Å². The van der Waals surface area contributed by atoms with Gasteiger partial charge in [0.2, 0.25) is 0 Å². The van der Waals surface area contributed by atoms with Gasteiger partial charge >= 0.3 is 0 Å². The molecule has 0 saturated heterocycles. The maximum Gasteiger partial charge on any atom is 0.253 e. The van der Waals surface area contributed by atoms with Gasteiger partial charge in [-0.15, -0.1) is 5.10 Å². The number of hydrogen-bond donors (Lipinski definition) is 1. The highest BCUT2D eigenvalue weighted by molar-refractivity contribution is 5.94. The van der Waals surface area contributed by atoms with Crippen LogP contribution in [0.5, 0.6) is 0 Å². The largest absolute Gasteiger partial charge is 0.345 e. The van der Waals surface area contributed by atoms with Gasteiger partial charge in [-0.2, -0.15) is 0 Å². The molecule has 0 aliphatic rings. The summed E-state index contributed by atoms with van der Waals surface area (Å²) >= 11 is 0. The summed E-state index contributed by atoms with van der Waals surface area (Å²) in [6.45, 7) is 0. The number of nitrogens with zero attached hydrogens (tertiary/aromatic N) is 4. The van der Waals surface area contributed by atoms with E-state index in [2.05, 4.69) is 20.6 Å². The molecule has 2 aromatic carbocycles. The van der Waals surface area contributed by atoms with Gasteiger partial charge in [-0.25, -0.2) is 5.10 Å². The molecule has 0 atom stereocenters. The van der Waals surface area contributed by atoms with Crippen molar-refractivity contribution in [3.05, 3.63) is 83.0 Å². The summed E-state index contributed by atoms with van der Waals surface area (Å²) in [6.07, 6.45) is 0.620. The van der Waals surface area contributed by atoms with Crippen LogP contribution in [0.15, 0.2) is 54.6 Å². The Morgan fingerprint density at radius 3 is 2.46 bits per heavy atom. The third-order valence-corrected chi connectivity index (χ3v) is 3.71. The molecule has 3 rings (SSSR count). The molecule has 6 heteroatoms. The van der Waals surface area contributed by atoms with Gasteiger partial charge in [0.15, 0.2) is 5.82 Å². The second-order valence-electron chi connectivity index (χ2n) is 5.67. The Kier molecular flexibility index (Phi) is 4.65. The van der Waals surface area contributed by atoms with Crippen molar-refractivity contribution in [3.63, 3.8) is 0 Å². The Bertz CT molecular complexity index is 799. The van der Waals surface area contributed by atoms with E-state index in [4.69, 9.17) is 0 Å². The van der Waals surface area contributed by atoms with Crippen molar-refractivity contribution in [1.82, 2.24) is 25.5 Å². The van der Waals surface area contributed by atoms with E-state index < -0.39 is 0 Å². The van der Waals surface area contributed by atoms with Gasteiger partial charge < -0.3 is 4.90 Å². The second kappa shape index (κ2) is 7.04. The first-order chi connectivity index (χ1) is 11.6. The molecular weight excluding hydrogens is 302 g/mol. The SMILES string of the molecule is CN(C)C(=O)c1cccc(C[C](c2ccccc2)c2nnn[nH]2)c1. The molecule has 0 bridgehead atoms. The van der Waals surface area contributed by atoms with Gasteiger partial charge in [-0.05, 0) is 40.1 Å². The minimum atomic E-state index is -0.0144. The van der Waals surface area contributed by atoms with Crippen LogP contribution in [0.3, 0.4) is 0 Å². The fourth-order valence-corrected chi connectivity index (χ4v) is 2.53. The highest BCUT2D eigenvalue weighted by atomic mass is 16.2. The number of aromatic amines is 1. The van der Waals surface area contributed by atoms with Crippen molar-refractivity contribution in [1.29, 1.82) is 0 Å². The molecule has 121 valence electrons. The molecule has 1 radical (unpaired) electrons. The summed E-state index contributed by atoms with van der Waals surface area (Å²) in [6, 6.07) is 17.6. The van der Waals surface area contributed by atoms with E-state index in [1.165, 1.54) is 0 Å². The first kappa shape index (κ1) is 15.9. The van der Waals surface area contributed by atoms with Crippen molar-refractivity contribution in [3.8, 4) is 0 Å². The normalized spacial score (nSPS) is 10.8. The van der Waals surface area contributed by atoms with Gasteiger partial charge in [-0.3, -0.25) is 4.79 Å². The lowest BCUT2D eigenvalue weighted by atomic mass is 9.91. The van der Waals surface area contributed by atoms with Gasteiger partial charge in [0.25, 0.3) is 5.91 Å². The number of rotatable bonds is 5. The van der Waals surface area contributed by atoms with Crippen molar-refractivity contribution >= 4 is 5.91 Å². The Morgan fingerprint density at radius 2 is 1.79 bits per heavy atom. The zero-order valence-corrected chi connectivity index (χ0v) is 13.6. The van der Waals surface area contributed by atoms with Crippen LogP contribution < -0.4 is 0 Å². The smallest absolute Gasteiger partial charge is 0.253 e. The molecular formula is C18H18N5O. The third-order valence-electron chi connectivity index (χ3n) is 3.71. The molecule has 3 aromatic rings. The zero-order chi connectivity index (χ0) is 16.9. The Morgan fingerprint density at radius 1 is 1.04 bits per heavy atom. The highest BCUT2D eigenvalue weighted by Crippen LogP contribution is 2.25. The highest BCUT2D eigenvalue weighted by Gasteiger charge is 2.20. The van der Waals surface area contributed by atoms with Gasteiger partial charge in [0.05, 0.1) is 5.92 Å². The predicted octanol–water partition coefficient (Wildman–Crippen LogP) is 2.12. The van der Waals surface area contributed by atoms with Crippen molar-refractivity contribution in [2.75, 3.05) is 14.1 Å². The maximum absolute atomic E-state index is 12.2. The minimum absolute atomic E-state index is 0.0144. The van der Waals surface area contributed by atoms with E-state index in [1.807, 2.05) is 54.6 Å². The fourth-order valence-electron chi connectivity index (χ4n) is 2.53. The van der Waals surface area contributed by atoms with Crippen LogP contribution in [-0.2, 0) is 6.42 Å². The molecule has 0 spiro atoms. The van der Waals surface area contributed by atoms with E-state index in [9.17, 15) is 4.79 Å². The number of tetrazole rings is 1. The van der Waals surface area contributed by atoms with Crippen LogP contribution in [0.25, 0.3) is 0 Å². The first-order valence-corrected chi connectivity index (χ1v) is 7.61. The van der Waals surface area contributed by atoms with E-state index >= 15 is 0 Å². The summed E-state index contributed by atoms with van der Waals surface area (Å²) in [5.74, 6) is 1.60.